The van der Waals surface area contributed by atoms with E-state index in [9.17, 15) is 14.7 Å². The van der Waals surface area contributed by atoms with Crippen LogP contribution in [0.4, 0.5) is 4.79 Å². The van der Waals surface area contributed by atoms with Gasteiger partial charge in [-0.2, -0.15) is 0 Å². The smallest absolute Gasteiger partial charge is 0.328 e. The molecule has 0 bridgehead atoms. The van der Waals surface area contributed by atoms with Crippen molar-refractivity contribution in [3.05, 3.63) is 16.1 Å². The minimum absolute atomic E-state index is 0.352. The summed E-state index contributed by atoms with van der Waals surface area (Å²) in [6.07, 6.45) is -0.580. The van der Waals surface area contributed by atoms with E-state index in [1.54, 1.807) is 0 Å². The summed E-state index contributed by atoms with van der Waals surface area (Å²) in [6, 6.07) is -1.94. The summed E-state index contributed by atoms with van der Waals surface area (Å²) >= 11 is 1.51. The lowest BCUT2D eigenvalue weighted by atomic mass is 10.2. The van der Waals surface area contributed by atoms with E-state index in [-0.39, 0.29) is 0 Å². The molecule has 106 valence electrons. The molecule has 0 aliphatic heterocycles. The highest BCUT2D eigenvalue weighted by Crippen LogP contribution is 2.08. The summed E-state index contributed by atoms with van der Waals surface area (Å²) in [5.41, 5.74) is 0.935. The number of urea groups is 1. The number of aliphatic carboxylic acids is 1. The standard InChI is InChI=1S/C11H17N3O4S/c1-6-5-19-8(13-6)3-4-12-11(18)14-9(7(2)15)10(16)17/h5,7,9,15H,3-4H2,1-2H3,(H,16,17)(H2,12,14,18)/t7-,9+/m1/s1. The number of nitrogens with zero attached hydrogens (tertiary/aromatic N) is 1. The zero-order chi connectivity index (χ0) is 14.4. The van der Waals surface area contributed by atoms with Gasteiger partial charge in [0.1, 0.15) is 0 Å². The van der Waals surface area contributed by atoms with Gasteiger partial charge in [-0.05, 0) is 13.8 Å². The number of amides is 2. The number of nitrogens with one attached hydrogen (secondary N) is 2. The molecule has 8 heteroatoms. The quantitative estimate of drug-likeness (QED) is 0.594. The zero-order valence-electron chi connectivity index (χ0n) is 10.7. The van der Waals surface area contributed by atoms with E-state index >= 15 is 0 Å². The van der Waals surface area contributed by atoms with Crippen LogP contribution in [-0.2, 0) is 11.2 Å². The van der Waals surface area contributed by atoms with Crippen molar-refractivity contribution >= 4 is 23.3 Å². The van der Waals surface area contributed by atoms with Crippen LogP contribution in [-0.4, -0.2) is 45.9 Å². The Morgan fingerprint density at radius 1 is 1.53 bits per heavy atom. The third-order valence-corrected chi connectivity index (χ3v) is 3.35. The van der Waals surface area contributed by atoms with Gasteiger partial charge in [0.25, 0.3) is 0 Å². The van der Waals surface area contributed by atoms with Crippen molar-refractivity contribution < 1.29 is 19.8 Å². The number of rotatable bonds is 6. The molecule has 1 aromatic rings. The van der Waals surface area contributed by atoms with Crippen LogP contribution in [0.15, 0.2) is 5.38 Å². The summed E-state index contributed by atoms with van der Waals surface area (Å²) in [5, 5.41) is 25.5. The van der Waals surface area contributed by atoms with E-state index < -0.39 is 24.1 Å². The van der Waals surface area contributed by atoms with Gasteiger partial charge in [-0.25, -0.2) is 14.6 Å². The van der Waals surface area contributed by atoms with Crippen LogP contribution in [0.3, 0.4) is 0 Å². The number of carbonyl (C=O) groups excluding carboxylic acids is 1. The number of hydrogen-bond donors (Lipinski definition) is 4. The first-order chi connectivity index (χ1) is 8.90. The van der Waals surface area contributed by atoms with E-state index in [4.69, 9.17) is 5.11 Å². The van der Waals surface area contributed by atoms with Gasteiger partial charge in [-0.1, -0.05) is 0 Å². The first-order valence-electron chi connectivity index (χ1n) is 5.76. The molecule has 0 aromatic carbocycles. The maximum Gasteiger partial charge on any atom is 0.328 e. The molecule has 1 rings (SSSR count). The van der Waals surface area contributed by atoms with Crippen LogP contribution >= 0.6 is 11.3 Å². The molecule has 2 amide bonds. The lowest BCUT2D eigenvalue weighted by molar-refractivity contribution is -0.141. The van der Waals surface area contributed by atoms with Gasteiger partial charge in [0, 0.05) is 24.0 Å². The van der Waals surface area contributed by atoms with E-state index in [0.29, 0.717) is 13.0 Å². The SMILES string of the molecule is Cc1csc(CCNC(=O)N[C@H](C(=O)O)[C@@H](C)O)n1. The number of thiazole rings is 1. The fourth-order valence-corrected chi connectivity index (χ4v) is 2.16. The molecule has 7 nitrogen and oxygen atoms in total. The fourth-order valence-electron chi connectivity index (χ4n) is 1.38. The van der Waals surface area contributed by atoms with Crippen molar-refractivity contribution in [1.29, 1.82) is 0 Å². The number of carboxylic acids is 1. The van der Waals surface area contributed by atoms with Crippen molar-refractivity contribution in [2.24, 2.45) is 0 Å². The van der Waals surface area contributed by atoms with E-state index in [0.717, 1.165) is 10.7 Å². The maximum atomic E-state index is 11.4. The molecule has 0 aliphatic rings. The molecular formula is C11H17N3O4S. The molecule has 1 heterocycles. The Bertz CT molecular complexity index is 447. The number of carboxylic acid groups (broad SMARTS) is 1. The highest BCUT2D eigenvalue weighted by atomic mass is 32.1. The predicted octanol–water partition coefficient (Wildman–Crippen LogP) is 0.127. The Kier molecular flexibility index (Phi) is 5.71. The van der Waals surface area contributed by atoms with Crippen LogP contribution < -0.4 is 10.6 Å². The lowest BCUT2D eigenvalue weighted by Gasteiger charge is -2.17. The highest BCUT2D eigenvalue weighted by Gasteiger charge is 2.24. The minimum Gasteiger partial charge on any atom is -0.480 e. The van der Waals surface area contributed by atoms with Crippen molar-refractivity contribution in [2.45, 2.75) is 32.4 Å². The molecule has 0 unspecified atom stereocenters. The number of aryl methyl sites for hydroxylation is 1. The van der Waals surface area contributed by atoms with Crippen molar-refractivity contribution in [2.75, 3.05) is 6.54 Å². The van der Waals surface area contributed by atoms with Gasteiger partial charge in [0.2, 0.25) is 0 Å². The van der Waals surface area contributed by atoms with E-state index in [1.165, 1.54) is 18.3 Å². The second-order valence-corrected chi connectivity index (χ2v) is 5.03. The van der Waals surface area contributed by atoms with Gasteiger partial charge in [0.05, 0.1) is 11.1 Å². The van der Waals surface area contributed by atoms with Crippen LogP contribution in [0.25, 0.3) is 0 Å². The molecule has 4 N–H and O–H groups in total. The number of aromatic nitrogens is 1. The number of aliphatic hydroxyl groups excluding tert-OH is 1. The van der Waals surface area contributed by atoms with Crippen molar-refractivity contribution in [3.63, 3.8) is 0 Å². The topological polar surface area (TPSA) is 112 Å². The summed E-state index contributed by atoms with van der Waals surface area (Å²) in [6.45, 7) is 3.54. The summed E-state index contributed by atoms with van der Waals surface area (Å²) < 4.78 is 0. The van der Waals surface area contributed by atoms with E-state index in [1.807, 2.05) is 12.3 Å². The molecule has 0 saturated heterocycles. The van der Waals surface area contributed by atoms with Gasteiger partial charge < -0.3 is 20.8 Å². The normalized spacial score (nSPS) is 13.6. The van der Waals surface area contributed by atoms with Crippen LogP contribution in [0.5, 0.6) is 0 Å². The first kappa shape index (κ1) is 15.4. The molecule has 0 aliphatic carbocycles. The Morgan fingerprint density at radius 2 is 2.21 bits per heavy atom. The van der Waals surface area contributed by atoms with Gasteiger partial charge in [0.15, 0.2) is 6.04 Å². The monoisotopic (exact) mass is 287 g/mol. The van der Waals surface area contributed by atoms with Crippen molar-refractivity contribution in [1.82, 2.24) is 15.6 Å². The Labute approximate surface area is 114 Å². The Balaban J connectivity index is 2.33. The fraction of sp³-hybridized carbons (Fsp3) is 0.545. The van der Waals surface area contributed by atoms with Crippen LogP contribution in [0, 0.1) is 6.92 Å². The summed E-state index contributed by atoms with van der Waals surface area (Å²) in [5.74, 6) is -1.28. The molecule has 0 saturated carbocycles. The van der Waals surface area contributed by atoms with Gasteiger partial charge in [-0.3, -0.25) is 0 Å². The summed E-state index contributed by atoms with van der Waals surface area (Å²) in [4.78, 5) is 26.4. The molecule has 0 spiro atoms. The predicted molar refractivity (Wildman–Crippen MR) is 70.2 cm³/mol. The lowest BCUT2D eigenvalue weighted by Crippen LogP contribution is -2.51. The highest BCUT2D eigenvalue weighted by molar-refractivity contribution is 7.09. The first-order valence-corrected chi connectivity index (χ1v) is 6.64. The molecule has 19 heavy (non-hydrogen) atoms. The maximum absolute atomic E-state index is 11.4. The van der Waals surface area contributed by atoms with Gasteiger partial charge in [-0.15, -0.1) is 11.3 Å². The third kappa shape index (κ3) is 5.23. The molecule has 1 aromatic heterocycles. The molecule has 0 fully saturated rings. The van der Waals surface area contributed by atoms with Crippen LogP contribution in [0.1, 0.15) is 17.6 Å². The number of hydrogen-bond acceptors (Lipinski definition) is 5. The summed E-state index contributed by atoms with van der Waals surface area (Å²) in [7, 11) is 0. The molecule has 2 atom stereocenters. The average molecular weight is 287 g/mol. The van der Waals surface area contributed by atoms with E-state index in [2.05, 4.69) is 15.6 Å². The second kappa shape index (κ2) is 7.05. The Hall–Kier alpha value is -1.67. The van der Waals surface area contributed by atoms with Crippen molar-refractivity contribution in [3.8, 4) is 0 Å². The largest absolute Gasteiger partial charge is 0.480 e. The third-order valence-electron chi connectivity index (χ3n) is 2.33. The zero-order valence-corrected chi connectivity index (χ0v) is 11.5. The number of aliphatic hydroxyl groups is 1. The van der Waals surface area contributed by atoms with Crippen LogP contribution in [0.2, 0.25) is 0 Å². The minimum atomic E-state index is -1.32. The molecular weight excluding hydrogens is 270 g/mol. The van der Waals surface area contributed by atoms with Gasteiger partial charge >= 0.3 is 12.0 Å². The number of carbonyl (C=O) groups is 2. The second-order valence-electron chi connectivity index (χ2n) is 4.09. The average Bonchev–Trinajstić information content (AvgIpc) is 2.71. The molecule has 0 radical (unpaired) electrons. The Morgan fingerprint density at radius 3 is 2.68 bits per heavy atom.